The van der Waals surface area contributed by atoms with Crippen molar-refractivity contribution >= 4 is 39.4 Å². The number of esters is 1. The Bertz CT molecular complexity index is 1250. The Morgan fingerprint density at radius 1 is 1.24 bits per heavy atom. The lowest BCUT2D eigenvalue weighted by Gasteiger charge is -2.39. The van der Waals surface area contributed by atoms with Gasteiger partial charge in [-0.25, -0.2) is 4.79 Å². The van der Waals surface area contributed by atoms with E-state index in [0.717, 1.165) is 54.7 Å². The Hall–Kier alpha value is -2.89. The van der Waals surface area contributed by atoms with Crippen LogP contribution >= 0.6 is 22.7 Å². The standard InChI is InChI=1S/C26H27N3O3S2/c1-2-32-26(31)22-15-8-4-3-5-11-19(15)34-25(22)29-17-9-6-10-18(30)23(17)21(16(14-27)24(29)28)20-12-7-13-33-20/h7,12-13,21H,2-6,8-11,28H2,1H3/t21-/m0/s1. The van der Waals surface area contributed by atoms with Crippen LogP contribution in [-0.4, -0.2) is 18.4 Å². The van der Waals surface area contributed by atoms with Gasteiger partial charge in [0.2, 0.25) is 0 Å². The topological polar surface area (TPSA) is 96.4 Å². The van der Waals surface area contributed by atoms with Gasteiger partial charge in [0, 0.05) is 27.4 Å². The SMILES string of the molecule is CCOC(=O)c1c(N2C(N)=C(C#N)[C@@H](c3cccs3)C3=C2CCCC3=O)sc2c1CCCCC2. The van der Waals surface area contributed by atoms with Crippen LogP contribution in [0.25, 0.3) is 0 Å². The lowest BCUT2D eigenvalue weighted by atomic mass is 9.78. The second kappa shape index (κ2) is 9.40. The molecule has 0 saturated heterocycles. The lowest BCUT2D eigenvalue weighted by Crippen LogP contribution is -2.38. The smallest absolute Gasteiger partial charge is 0.341 e. The zero-order chi connectivity index (χ0) is 23.8. The molecule has 0 bridgehead atoms. The normalized spacial score (nSPS) is 20.5. The molecule has 8 heteroatoms. The van der Waals surface area contributed by atoms with Crippen molar-refractivity contribution in [2.45, 2.75) is 64.2 Å². The van der Waals surface area contributed by atoms with Gasteiger partial charge in [-0.3, -0.25) is 9.69 Å². The first kappa shape index (κ1) is 22.9. The number of anilines is 1. The van der Waals surface area contributed by atoms with Gasteiger partial charge >= 0.3 is 5.97 Å². The molecule has 3 aliphatic rings. The third-order valence-electron chi connectivity index (χ3n) is 6.83. The Balaban J connectivity index is 1.76. The van der Waals surface area contributed by atoms with Gasteiger partial charge in [0.1, 0.15) is 10.8 Å². The van der Waals surface area contributed by atoms with Crippen molar-refractivity contribution < 1.29 is 14.3 Å². The first-order chi connectivity index (χ1) is 16.6. The number of fused-ring (bicyclic) bond motifs is 1. The van der Waals surface area contributed by atoms with Gasteiger partial charge in [-0.05, 0) is 62.5 Å². The molecule has 0 saturated carbocycles. The number of hydrogen-bond acceptors (Lipinski definition) is 8. The molecule has 0 fully saturated rings. The van der Waals surface area contributed by atoms with Crippen molar-refractivity contribution in [3.8, 4) is 6.07 Å². The van der Waals surface area contributed by atoms with Crippen molar-refractivity contribution in [3.05, 3.63) is 61.1 Å². The summed E-state index contributed by atoms with van der Waals surface area (Å²) >= 11 is 3.09. The quantitative estimate of drug-likeness (QED) is 0.442. The number of hydrogen-bond donors (Lipinski definition) is 1. The van der Waals surface area contributed by atoms with E-state index in [0.29, 0.717) is 40.4 Å². The fourth-order valence-electron chi connectivity index (χ4n) is 5.36. The Kier molecular flexibility index (Phi) is 6.32. The van der Waals surface area contributed by atoms with E-state index in [-0.39, 0.29) is 18.4 Å². The Morgan fingerprint density at radius 2 is 2.06 bits per heavy atom. The minimum atomic E-state index is -0.451. The maximum absolute atomic E-state index is 13.3. The molecule has 0 amide bonds. The second-order valence-electron chi connectivity index (χ2n) is 8.80. The molecule has 6 nitrogen and oxygen atoms in total. The van der Waals surface area contributed by atoms with Crippen LogP contribution in [0.15, 0.2) is 40.2 Å². The molecule has 1 atom stereocenters. The van der Waals surface area contributed by atoms with Crippen LogP contribution in [0.5, 0.6) is 0 Å². The van der Waals surface area contributed by atoms with Crippen molar-refractivity contribution in [3.63, 3.8) is 0 Å². The number of nitrogens with zero attached hydrogens (tertiary/aromatic N) is 2. The Morgan fingerprint density at radius 3 is 2.79 bits per heavy atom. The van der Waals surface area contributed by atoms with Crippen LogP contribution in [-0.2, 0) is 22.4 Å². The van der Waals surface area contributed by atoms with Gasteiger partial charge < -0.3 is 10.5 Å². The molecule has 0 radical (unpaired) electrons. The summed E-state index contributed by atoms with van der Waals surface area (Å²) in [6.07, 6.45) is 6.83. The van der Waals surface area contributed by atoms with E-state index < -0.39 is 5.92 Å². The molecule has 5 rings (SSSR count). The highest BCUT2D eigenvalue weighted by Gasteiger charge is 2.42. The highest BCUT2D eigenvalue weighted by Crippen LogP contribution is 2.50. The van der Waals surface area contributed by atoms with Crippen LogP contribution in [0.2, 0.25) is 0 Å². The molecule has 176 valence electrons. The second-order valence-corrected chi connectivity index (χ2v) is 10.9. The summed E-state index contributed by atoms with van der Waals surface area (Å²) in [6.45, 7) is 2.09. The number of carbonyl (C=O) groups excluding carboxylic acids is 2. The molecule has 0 unspecified atom stereocenters. The molecule has 0 spiro atoms. The summed E-state index contributed by atoms with van der Waals surface area (Å²) in [5.41, 5.74) is 10.2. The summed E-state index contributed by atoms with van der Waals surface area (Å²) in [6, 6.07) is 6.20. The molecular formula is C26H27N3O3S2. The first-order valence-electron chi connectivity index (χ1n) is 11.9. The summed E-state index contributed by atoms with van der Waals surface area (Å²) in [5.74, 6) is -0.433. The number of allylic oxidation sites excluding steroid dienone is 3. The highest BCUT2D eigenvalue weighted by molar-refractivity contribution is 7.16. The number of nitriles is 1. The van der Waals surface area contributed by atoms with E-state index >= 15 is 0 Å². The zero-order valence-electron chi connectivity index (χ0n) is 19.2. The molecule has 2 aromatic rings. The summed E-state index contributed by atoms with van der Waals surface area (Å²) < 4.78 is 5.49. The van der Waals surface area contributed by atoms with Crippen LogP contribution < -0.4 is 10.6 Å². The van der Waals surface area contributed by atoms with E-state index in [4.69, 9.17) is 10.5 Å². The number of ether oxygens (including phenoxy) is 1. The maximum Gasteiger partial charge on any atom is 0.341 e. The van der Waals surface area contributed by atoms with Gasteiger partial charge in [0.15, 0.2) is 5.78 Å². The molecule has 1 aliphatic heterocycles. The fourth-order valence-corrected chi connectivity index (χ4v) is 7.62. The summed E-state index contributed by atoms with van der Waals surface area (Å²) in [5, 5.41) is 12.9. The van der Waals surface area contributed by atoms with Crippen molar-refractivity contribution in [2.75, 3.05) is 11.5 Å². The summed E-state index contributed by atoms with van der Waals surface area (Å²) in [7, 11) is 0. The predicted octanol–water partition coefficient (Wildman–Crippen LogP) is 5.56. The first-order valence-corrected chi connectivity index (χ1v) is 13.6. The fraction of sp³-hybridized carbons (Fsp3) is 0.423. The monoisotopic (exact) mass is 493 g/mol. The van der Waals surface area contributed by atoms with Gasteiger partial charge in [-0.1, -0.05) is 12.5 Å². The molecule has 2 aliphatic carbocycles. The van der Waals surface area contributed by atoms with Crippen molar-refractivity contribution in [1.82, 2.24) is 0 Å². The number of aryl methyl sites for hydroxylation is 1. The van der Waals surface area contributed by atoms with Crippen LogP contribution in [0, 0.1) is 11.3 Å². The largest absolute Gasteiger partial charge is 0.462 e. The number of rotatable bonds is 4. The molecule has 2 aromatic heterocycles. The predicted molar refractivity (Wildman–Crippen MR) is 134 cm³/mol. The van der Waals surface area contributed by atoms with E-state index in [1.807, 2.05) is 22.4 Å². The number of ketones is 1. The average molecular weight is 494 g/mol. The van der Waals surface area contributed by atoms with Gasteiger partial charge in [-0.2, -0.15) is 5.26 Å². The van der Waals surface area contributed by atoms with Crippen LogP contribution in [0.3, 0.4) is 0 Å². The van der Waals surface area contributed by atoms with Crippen molar-refractivity contribution in [1.29, 1.82) is 5.26 Å². The number of nitrogens with two attached hydrogens (primary N) is 1. The molecule has 0 aromatic carbocycles. The number of thiophene rings is 2. The van der Waals surface area contributed by atoms with E-state index in [1.165, 1.54) is 16.2 Å². The van der Waals surface area contributed by atoms with Gasteiger partial charge in [-0.15, -0.1) is 22.7 Å². The van der Waals surface area contributed by atoms with E-state index in [1.54, 1.807) is 18.3 Å². The van der Waals surface area contributed by atoms with Gasteiger partial charge in [0.05, 0.1) is 29.7 Å². The van der Waals surface area contributed by atoms with E-state index in [2.05, 4.69) is 6.07 Å². The average Bonchev–Trinajstić information content (AvgIpc) is 3.41. The molecule has 2 N–H and O–H groups in total. The summed E-state index contributed by atoms with van der Waals surface area (Å²) in [4.78, 5) is 30.5. The number of carbonyl (C=O) groups is 2. The van der Waals surface area contributed by atoms with E-state index in [9.17, 15) is 14.9 Å². The van der Waals surface area contributed by atoms with Crippen molar-refractivity contribution in [2.24, 2.45) is 5.73 Å². The zero-order valence-corrected chi connectivity index (χ0v) is 20.8. The third-order valence-corrected chi connectivity index (χ3v) is 9.04. The number of Topliss-reactive ketones (excluding diaryl/α,β-unsaturated/α-hetero) is 1. The minimum absolute atomic E-state index is 0.0562. The van der Waals surface area contributed by atoms with Crippen LogP contribution in [0.4, 0.5) is 5.00 Å². The minimum Gasteiger partial charge on any atom is -0.462 e. The molecule has 34 heavy (non-hydrogen) atoms. The lowest BCUT2D eigenvalue weighted by molar-refractivity contribution is -0.116. The Labute approximate surface area is 207 Å². The highest BCUT2D eigenvalue weighted by atomic mass is 32.1. The van der Waals surface area contributed by atoms with Crippen LogP contribution in [0.1, 0.15) is 77.0 Å². The maximum atomic E-state index is 13.3. The third kappa shape index (κ3) is 3.68. The molecular weight excluding hydrogens is 466 g/mol. The van der Waals surface area contributed by atoms with Gasteiger partial charge in [0.25, 0.3) is 0 Å². The molecule has 3 heterocycles.